The zero-order chi connectivity index (χ0) is 19.3. The molecule has 0 bridgehead atoms. The first-order valence-corrected chi connectivity index (χ1v) is 8.77. The smallest absolute Gasteiger partial charge is 0.245 e. The van der Waals surface area contributed by atoms with Crippen LogP contribution in [0.4, 0.5) is 0 Å². The number of hydrogen-bond acceptors (Lipinski definition) is 4. The second-order valence-electron chi connectivity index (χ2n) is 6.62. The molecule has 1 heterocycles. The molecule has 1 aromatic heterocycles. The lowest BCUT2D eigenvalue weighted by Gasteiger charge is -2.23. The van der Waals surface area contributed by atoms with Crippen molar-refractivity contribution in [2.75, 3.05) is 7.11 Å². The van der Waals surface area contributed by atoms with E-state index in [1.165, 1.54) is 0 Å². The van der Waals surface area contributed by atoms with Crippen LogP contribution in [0.1, 0.15) is 37.9 Å². The average Bonchev–Trinajstić information content (AvgIpc) is 2.94. The molecule has 26 heavy (non-hydrogen) atoms. The molecular formula is C19H27N3O4. The largest absolute Gasteiger partial charge is 0.497 e. The minimum atomic E-state index is -0.511. The van der Waals surface area contributed by atoms with Crippen molar-refractivity contribution >= 4 is 22.7 Å². The van der Waals surface area contributed by atoms with Crippen LogP contribution in [0.3, 0.4) is 0 Å². The van der Waals surface area contributed by atoms with Crippen LogP contribution in [0, 0.1) is 12.8 Å². The minimum absolute atomic E-state index is 0.0396. The van der Waals surface area contributed by atoms with Gasteiger partial charge in [-0.25, -0.2) is 5.48 Å². The third kappa shape index (κ3) is 4.54. The van der Waals surface area contributed by atoms with E-state index in [9.17, 15) is 9.59 Å². The standard InChI is InChI=1S/C19H27N3O4/c1-5-11(2)17(10-19(24)22-25)21-18(23)9-14-12(3)20-16-7-6-13(26-4)8-15(14)16/h6-8,11,17,20,25H,5,9-10H2,1-4H3,(H,21,23)(H,22,24)/t11-,17?/m0/s1. The number of fused-ring (bicyclic) bond motifs is 1. The Morgan fingerprint density at radius 2 is 2.04 bits per heavy atom. The Labute approximate surface area is 153 Å². The number of nitrogens with one attached hydrogen (secondary N) is 3. The highest BCUT2D eigenvalue weighted by Gasteiger charge is 2.22. The molecule has 2 aromatic rings. The molecule has 1 aromatic carbocycles. The third-order valence-electron chi connectivity index (χ3n) is 4.87. The Balaban J connectivity index is 2.18. The number of aromatic amines is 1. The zero-order valence-corrected chi connectivity index (χ0v) is 15.7. The summed E-state index contributed by atoms with van der Waals surface area (Å²) in [6.07, 6.45) is 1.05. The van der Waals surface area contributed by atoms with Gasteiger partial charge in [0, 0.05) is 29.1 Å². The summed E-state index contributed by atoms with van der Waals surface area (Å²) in [6.45, 7) is 5.90. The molecule has 0 aliphatic carbocycles. The van der Waals surface area contributed by atoms with E-state index in [1.807, 2.05) is 39.0 Å². The van der Waals surface area contributed by atoms with Gasteiger partial charge in [0.2, 0.25) is 11.8 Å². The van der Waals surface area contributed by atoms with E-state index in [0.29, 0.717) is 0 Å². The van der Waals surface area contributed by atoms with Crippen LogP contribution >= 0.6 is 0 Å². The van der Waals surface area contributed by atoms with Gasteiger partial charge in [0.05, 0.1) is 13.5 Å². The fourth-order valence-electron chi connectivity index (χ4n) is 3.06. The Hall–Kier alpha value is -2.54. The van der Waals surface area contributed by atoms with Gasteiger partial charge in [-0.15, -0.1) is 0 Å². The number of carbonyl (C=O) groups excluding carboxylic acids is 2. The number of hydrogen-bond donors (Lipinski definition) is 4. The molecule has 2 rings (SSSR count). The van der Waals surface area contributed by atoms with E-state index in [1.54, 1.807) is 12.6 Å². The van der Waals surface area contributed by atoms with Gasteiger partial charge in [-0.2, -0.15) is 0 Å². The summed E-state index contributed by atoms with van der Waals surface area (Å²) in [7, 11) is 1.61. The van der Waals surface area contributed by atoms with Gasteiger partial charge in [0.1, 0.15) is 5.75 Å². The molecule has 7 heteroatoms. The van der Waals surface area contributed by atoms with Crippen LogP contribution in [0.25, 0.3) is 10.9 Å². The number of aromatic nitrogens is 1. The topological polar surface area (TPSA) is 103 Å². The fraction of sp³-hybridized carbons (Fsp3) is 0.474. The van der Waals surface area contributed by atoms with Crippen molar-refractivity contribution in [3.8, 4) is 5.75 Å². The van der Waals surface area contributed by atoms with E-state index in [0.717, 1.165) is 34.3 Å². The van der Waals surface area contributed by atoms with Crippen LogP contribution in [0.2, 0.25) is 0 Å². The van der Waals surface area contributed by atoms with Crippen LogP contribution in [-0.2, 0) is 16.0 Å². The number of methoxy groups -OCH3 is 1. The summed E-state index contributed by atoms with van der Waals surface area (Å²) >= 11 is 0. The number of amides is 2. The highest BCUT2D eigenvalue weighted by atomic mass is 16.5. The summed E-state index contributed by atoms with van der Waals surface area (Å²) in [6, 6.07) is 5.37. The number of ether oxygens (including phenoxy) is 1. The van der Waals surface area contributed by atoms with Crippen LogP contribution < -0.4 is 15.5 Å². The zero-order valence-electron chi connectivity index (χ0n) is 15.7. The molecule has 4 N–H and O–H groups in total. The molecule has 142 valence electrons. The van der Waals surface area contributed by atoms with Crippen molar-refractivity contribution in [2.45, 2.75) is 46.1 Å². The molecule has 0 saturated heterocycles. The van der Waals surface area contributed by atoms with E-state index >= 15 is 0 Å². The first kappa shape index (κ1) is 19.8. The molecule has 0 fully saturated rings. The van der Waals surface area contributed by atoms with Gasteiger partial charge in [0.15, 0.2) is 0 Å². The Morgan fingerprint density at radius 1 is 1.31 bits per heavy atom. The average molecular weight is 361 g/mol. The van der Waals surface area contributed by atoms with Crippen molar-refractivity contribution in [1.29, 1.82) is 0 Å². The van der Waals surface area contributed by atoms with Crippen molar-refractivity contribution in [1.82, 2.24) is 15.8 Å². The number of rotatable bonds is 8. The normalized spacial score (nSPS) is 13.3. The fourth-order valence-corrected chi connectivity index (χ4v) is 3.06. The van der Waals surface area contributed by atoms with Gasteiger partial charge < -0.3 is 15.0 Å². The summed E-state index contributed by atoms with van der Waals surface area (Å²) < 4.78 is 5.28. The maximum absolute atomic E-state index is 12.6. The lowest BCUT2D eigenvalue weighted by atomic mass is 9.95. The lowest BCUT2D eigenvalue weighted by Crippen LogP contribution is -2.43. The van der Waals surface area contributed by atoms with Crippen molar-refractivity contribution in [2.24, 2.45) is 5.92 Å². The summed E-state index contributed by atoms with van der Waals surface area (Å²) in [5.74, 6) is 0.173. The van der Waals surface area contributed by atoms with E-state index in [2.05, 4.69) is 10.3 Å². The maximum atomic E-state index is 12.6. The van der Waals surface area contributed by atoms with Gasteiger partial charge in [-0.05, 0) is 36.6 Å². The van der Waals surface area contributed by atoms with Gasteiger partial charge in [-0.3, -0.25) is 14.8 Å². The van der Waals surface area contributed by atoms with Gasteiger partial charge >= 0.3 is 0 Å². The molecule has 0 spiro atoms. The highest BCUT2D eigenvalue weighted by molar-refractivity contribution is 5.91. The number of benzene rings is 1. The third-order valence-corrected chi connectivity index (χ3v) is 4.87. The van der Waals surface area contributed by atoms with E-state index < -0.39 is 5.91 Å². The van der Waals surface area contributed by atoms with Crippen LogP contribution in [-0.4, -0.2) is 35.2 Å². The number of H-pyrrole nitrogens is 1. The van der Waals surface area contributed by atoms with Gasteiger partial charge in [-0.1, -0.05) is 20.3 Å². The van der Waals surface area contributed by atoms with Crippen molar-refractivity contribution in [3.05, 3.63) is 29.5 Å². The minimum Gasteiger partial charge on any atom is -0.497 e. The van der Waals surface area contributed by atoms with E-state index in [4.69, 9.17) is 9.94 Å². The molecule has 0 radical (unpaired) electrons. The summed E-state index contributed by atoms with van der Waals surface area (Å²) in [5, 5.41) is 12.6. The molecule has 0 saturated carbocycles. The Kier molecular flexibility index (Phi) is 6.63. The number of aryl methyl sites for hydroxylation is 1. The monoisotopic (exact) mass is 361 g/mol. The van der Waals surface area contributed by atoms with Crippen molar-refractivity contribution in [3.63, 3.8) is 0 Å². The Morgan fingerprint density at radius 3 is 2.65 bits per heavy atom. The molecule has 0 aliphatic heterocycles. The van der Waals surface area contributed by atoms with E-state index in [-0.39, 0.29) is 30.7 Å². The van der Waals surface area contributed by atoms with Crippen molar-refractivity contribution < 1.29 is 19.5 Å². The first-order chi connectivity index (χ1) is 12.4. The lowest BCUT2D eigenvalue weighted by molar-refractivity contribution is -0.130. The SMILES string of the molecule is CC[C@H](C)C(CC(=O)NO)NC(=O)Cc1c(C)[nH]c2ccc(OC)cc12. The maximum Gasteiger partial charge on any atom is 0.245 e. The molecule has 7 nitrogen and oxygen atoms in total. The highest BCUT2D eigenvalue weighted by Crippen LogP contribution is 2.27. The molecule has 1 unspecified atom stereocenters. The predicted molar refractivity (Wildman–Crippen MR) is 99.2 cm³/mol. The second-order valence-corrected chi connectivity index (χ2v) is 6.62. The summed E-state index contributed by atoms with van der Waals surface area (Å²) in [4.78, 5) is 27.4. The second kappa shape index (κ2) is 8.71. The van der Waals surface area contributed by atoms with Crippen LogP contribution in [0.15, 0.2) is 18.2 Å². The molecule has 0 aliphatic rings. The molecule has 2 atom stereocenters. The Bertz CT molecular complexity index is 784. The predicted octanol–water partition coefficient (Wildman–Crippen LogP) is 2.45. The number of hydroxylamine groups is 1. The summed E-state index contributed by atoms with van der Waals surface area (Å²) in [5.41, 5.74) is 4.41. The van der Waals surface area contributed by atoms with Crippen LogP contribution in [0.5, 0.6) is 5.75 Å². The first-order valence-electron chi connectivity index (χ1n) is 8.77. The number of carbonyl (C=O) groups is 2. The molecular weight excluding hydrogens is 334 g/mol. The quantitative estimate of drug-likeness (QED) is 0.428. The van der Waals surface area contributed by atoms with Gasteiger partial charge in [0.25, 0.3) is 0 Å². The molecule has 2 amide bonds.